The van der Waals surface area contributed by atoms with Gasteiger partial charge in [-0.25, -0.2) is 23.3 Å². The van der Waals surface area contributed by atoms with Crippen molar-refractivity contribution in [2.24, 2.45) is 0 Å². The van der Waals surface area contributed by atoms with E-state index in [0.717, 1.165) is 0 Å². The van der Waals surface area contributed by atoms with Gasteiger partial charge in [0, 0.05) is 13.0 Å². The highest BCUT2D eigenvalue weighted by molar-refractivity contribution is 14.1. The number of hydrogen-bond acceptors (Lipinski definition) is 6. The Bertz CT molecular complexity index is 508. The first-order valence-corrected chi connectivity index (χ1v) is 7.61. The highest BCUT2D eigenvalue weighted by Gasteiger charge is 2.54. The molecule has 0 aromatic heterocycles. The van der Waals surface area contributed by atoms with Gasteiger partial charge in [0.25, 0.3) is 5.91 Å². The number of likely N-dealkylation sites (tertiary alicyclic amines) is 1. The minimum atomic E-state index is -4.28. The van der Waals surface area contributed by atoms with Crippen LogP contribution in [0.4, 0.5) is 13.6 Å². The first kappa shape index (κ1) is 18.1. The number of alkyl halides is 2. The van der Waals surface area contributed by atoms with Crippen molar-refractivity contribution >= 4 is 40.9 Å². The molecule has 0 saturated carbocycles. The van der Waals surface area contributed by atoms with E-state index in [1.54, 1.807) is 0 Å². The van der Waals surface area contributed by atoms with Gasteiger partial charge < -0.3 is 9.64 Å². The second kappa shape index (κ2) is 7.09. The Morgan fingerprint density at radius 1 is 1.48 bits per heavy atom. The van der Waals surface area contributed by atoms with E-state index in [4.69, 9.17) is 0 Å². The fourth-order valence-electron chi connectivity index (χ4n) is 2.55. The Morgan fingerprint density at radius 2 is 2.17 bits per heavy atom. The summed E-state index contributed by atoms with van der Waals surface area (Å²) in [6.45, 7) is 1.29. The van der Waals surface area contributed by atoms with Crippen LogP contribution in [0.5, 0.6) is 0 Å². The Kier molecular flexibility index (Phi) is 5.57. The molecule has 1 unspecified atom stereocenters. The number of halogens is 3. The maximum Gasteiger partial charge on any atom is 0.477 e. The fraction of sp³-hybridized carbons (Fsp3) is 0.727. The zero-order valence-corrected chi connectivity index (χ0v) is 14.1. The molecule has 3 amide bonds. The smallest absolute Gasteiger partial charge is 0.460 e. The molecule has 2 aliphatic heterocycles. The van der Waals surface area contributed by atoms with Crippen LogP contribution in [-0.4, -0.2) is 59.2 Å². The summed E-state index contributed by atoms with van der Waals surface area (Å²) in [5.41, 5.74) is 2.06. The molecule has 130 valence electrons. The van der Waals surface area contributed by atoms with Gasteiger partial charge in [0.1, 0.15) is 29.0 Å². The molecule has 2 bridgehead atoms. The number of hydroxylamine groups is 3. The normalized spacial score (nSPS) is 23.9. The van der Waals surface area contributed by atoms with Crippen molar-refractivity contribution in [2.75, 3.05) is 13.2 Å². The van der Waals surface area contributed by atoms with Gasteiger partial charge in [-0.15, -0.1) is 0 Å². The van der Waals surface area contributed by atoms with Crippen LogP contribution < -0.4 is 5.48 Å². The first-order chi connectivity index (χ1) is 10.8. The Labute approximate surface area is 143 Å². The van der Waals surface area contributed by atoms with Crippen molar-refractivity contribution in [3.63, 3.8) is 0 Å². The van der Waals surface area contributed by atoms with Crippen molar-refractivity contribution in [1.29, 1.82) is 0 Å². The molecule has 0 aromatic rings. The molecule has 0 aromatic carbocycles. The number of amides is 3. The van der Waals surface area contributed by atoms with Gasteiger partial charge in [-0.3, -0.25) is 4.79 Å². The molecule has 2 fully saturated rings. The zero-order chi connectivity index (χ0) is 17.2. The standard InChI is InChI=1S/C11H14F2IN3O6/c1-2-21-9(19)11(12,13)22-17-6-3-4-16(10(20)15-23-14)7(5-6)8(17)18/h6-7H,2-5H2,1H3,(H,15,20)/t6-,7?/m1/s1. The first-order valence-electron chi connectivity index (χ1n) is 6.73. The number of fused-ring (bicyclic) bond motifs is 2. The number of carbonyl (C=O) groups excluding carboxylic acids is 3. The number of carbonyl (C=O) groups is 3. The van der Waals surface area contributed by atoms with E-state index >= 15 is 0 Å². The van der Waals surface area contributed by atoms with Crippen molar-refractivity contribution in [3.05, 3.63) is 0 Å². The van der Waals surface area contributed by atoms with E-state index in [-0.39, 0.29) is 26.0 Å². The SMILES string of the molecule is CCOC(=O)C(F)(F)ON1C(=O)C2C[C@H]1CCN2C(=O)NOI. The molecule has 12 heteroatoms. The van der Waals surface area contributed by atoms with E-state index in [0.29, 0.717) is 5.06 Å². The molecule has 0 radical (unpaired) electrons. The van der Waals surface area contributed by atoms with Gasteiger partial charge >= 0.3 is 18.1 Å². The Morgan fingerprint density at radius 3 is 2.78 bits per heavy atom. The van der Waals surface area contributed by atoms with Crippen molar-refractivity contribution < 1.29 is 35.9 Å². The average molecular weight is 449 g/mol. The average Bonchev–Trinajstić information content (AvgIpc) is 2.72. The van der Waals surface area contributed by atoms with E-state index in [2.05, 4.69) is 18.2 Å². The summed E-state index contributed by atoms with van der Waals surface area (Å²) in [6, 6.07) is -2.24. The highest BCUT2D eigenvalue weighted by atomic mass is 127. The topological polar surface area (TPSA) is 97.4 Å². The number of ether oxygens (including phenoxy) is 1. The minimum Gasteiger partial charge on any atom is -0.460 e. The van der Waals surface area contributed by atoms with Crippen LogP contribution in [-0.2, 0) is 22.3 Å². The highest BCUT2D eigenvalue weighted by Crippen LogP contribution is 2.34. The second-order valence-corrected chi connectivity index (χ2v) is 5.30. The number of nitrogens with zero attached hydrogens (tertiary/aromatic N) is 2. The number of rotatable bonds is 5. The number of hydrogen-bond donors (Lipinski definition) is 1. The fourth-order valence-corrected chi connectivity index (χ4v) is 2.74. The molecule has 0 spiro atoms. The molecule has 2 rings (SSSR count). The van der Waals surface area contributed by atoms with Gasteiger partial charge in [0.05, 0.1) is 12.6 Å². The predicted octanol–water partition coefficient (Wildman–Crippen LogP) is 0.740. The third-order valence-corrected chi connectivity index (χ3v) is 3.74. The summed E-state index contributed by atoms with van der Waals surface area (Å²) < 4.78 is 36.0. The molecule has 2 saturated heterocycles. The lowest BCUT2D eigenvalue weighted by Crippen LogP contribution is -2.50. The maximum absolute atomic E-state index is 13.7. The molecular weight excluding hydrogens is 435 g/mol. The lowest BCUT2D eigenvalue weighted by molar-refractivity contribution is -0.336. The number of piperidine rings is 1. The molecule has 2 atom stereocenters. The molecule has 1 N–H and O–H groups in total. The van der Waals surface area contributed by atoms with E-state index in [1.165, 1.54) is 34.8 Å². The third-order valence-electron chi connectivity index (χ3n) is 3.52. The van der Waals surface area contributed by atoms with Crippen LogP contribution in [0.15, 0.2) is 0 Å². The van der Waals surface area contributed by atoms with Crippen LogP contribution in [0, 0.1) is 0 Å². The van der Waals surface area contributed by atoms with Gasteiger partial charge in [0.15, 0.2) is 0 Å². The van der Waals surface area contributed by atoms with Gasteiger partial charge in [-0.2, -0.15) is 13.6 Å². The summed E-state index contributed by atoms with van der Waals surface area (Å²) in [5.74, 6) is -2.69. The predicted molar refractivity (Wildman–Crippen MR) is 76.7 cm³/mol. The lowest BCUT2D eigenvalue weighted by Gasteiger charge is -2.30. The molecule has 2 heterocycles. The van der Waals surface area contributed by atoms with Gasteiger partial charge in [0.2, 0.25) is 0 Å². The van der Waals surface area contributed by atoms with Crippen LogP contribution in [0.1, 0.15) is 19.8 Å². The second-order valence-electron chi connectivity index (χ2n) is 4.86. The number of nitrogens with one attached hydrogen (secondary N) is 1. The van der Waals surface area contributed by atoms with Crippen LogP contribution in [0.25, 0.3) is 0 Å². The maximum atomic E-state index is 13.7. The Balaban J connectivity index is 2.08. The van der Waals surface area contributed by atoms with E-state index in [9.17, 15) is 23.2 Å². The minimum absolute atomic E-state index is 0.131. The summed E-state index contributed by atoms with van der Waals surface area (Å²) in [5, 5.41) is 0.472. The van der Waals surface area contributed by atoms with E-state index in [1.807, 2.05) is 0 Å². The van der Waals surface area contributed by atoms with Crippen LogP contribution >= 0.6 is 23.0 Å². The largest absolute Gasteiger partial charge is 0.477 e. The number of urea groups is 1. The lowest BCUT2D eigenvalue weighted by atomic mass is 10.0. The van der Waals surface area contributed by atoms with E-state index < -0.39 is 36.1 Å². The van der Waals surface area contributed by atoms with Crippen molar-refractivity contribution in [2.45, 2.75) is 38.0 Å². The van der Waals surface area contributed by atoms with Gasteiger partial charge in [-0.1, -0.05) is 0 Å². The molecule has 23 heavy (non-hydrogen) atoms. The van der Waals surface area contributed by atoms with Crippen LogP contribution in [0.2, 0.25) is 0 Å². The quantitative estimate of drug-likeness (QED) is 0.378. The molecular formula is C11H14F2IN3O6. The Hall–Kier alpha value is -1.28. The summed E-state index contributed by atoms with van der Waals surface area (Å²) in [6.07, 6.45) is -3.91. The summed E-state index contributed by atoms with van der Waals surface area (Å²) in [4.78, 5) is 40.6. The zero-order valence-electron chi connectivity index (χ0n) is 12.0. The summed E-state index contributed by atoms with van der Waals surface area (Å²) >= 11 is 1.44. The summed E-state index contributed by atoms with van der Waals surface area (Å²) in [7, 11) is 0. The monoisotopic (exact) mass is 449 g/mol. The van der Waals surface area contributed by atoms with Crippen molar-refractivity contribution in [3.8, 4) is 0 Å². The van der Waals surface area contributed by atoms with Gasteiger partial charge in [-0.05, 0) is 13.3 Å². The third kappa shape index (κ3) is 3.63. The van der Waals surface area contributed by atoms with Crippen molar-refractivity contribution in [1.82, 2.24) is 15.4 Å². The number of esters is 1. The molecule has 2 aliphatic rings. The molecule has 9 nitrogen and oxygen atoms in total. The van der Waals surface area contributed by atoms with Crippen LogP contribution in [0.3, 0.4) is 0 Å². The molecule has 0 aliphatic carbocycles.